The lowest BCUT2D eigenvalue weighted by molar-refractivity contribution is 0.142. The summed E-state index contributed by atoms with van der Waals surface area (Å²) in [6.07, 6.45) is 7.15. The molecule has 1 aliphatic rings. The van der Waals surface area contributed by atoms with Crippen molar-refractivity contribution in [3.8, 4) is 0 Å². The maximum Gasteiger partial charge on any atom is 0.0456 e. The van der Waals surface area contributed by atoms with E-state index in [1.54, 1.807) is 0 Å². The molecule has 0 unspecified atom stereocenters. The number of benzene rings is 1. The highest BCUT2D eigenvalue weighted by Gasteiger charge is 2.34. The van der Waals surface area contributed by atoms with Gasteiger partial charge in [-0.1, -0.05) is 24.6 Å². The van der Waals surface area contributed by atoms with Gasteiger partial charge in [-0.2, -0.15) is 0 Å². The van der Waals surface area contributed by atoms with E-state index in [4.69, 9.17) is 5.73 Å². The molecule has 0 amide bonds. The fraction of sp³-hybridized carbons (Fsp3) is 0.500. The van der Waals surface area contributed by atoms with Gasteiger partial charge in [-0.3, -0.25) is 0 Å². The molecular formula is C16H23N3. The molecule has 1 fully saturated rings. The van der Waals surface area contributed by atoms with E-state index in [1.165, 1.54) is 35.7 Å². The maximum atomic E-state index is 5.88. The Hall–Kier alpha value is -1.32. The van der Waals surface area contributed by atoms with Crippen LogP contribution >= 0.6 is 0 Å². The predicted octanol–water partition coefficient (Wildman–Crippen LogP) is 2.43. The van der Waals surface area contributed by atoms with Crippen LogP contribution in [0.2, 0.25) is 0 Å². The number of rotatable bonds is 6. The number of nitrogens with two attached hydrogens (primary N) is 1. The number of H-pyrrole nitrogens is 1. The Labute approximate surface area is 114 Å². The molecule has 0 bridgehead atoms. The first-order valence-electron chi connectivity index (χ1n) is 7.29. The van der Waals surface area contributed by atoms with Crippen molar-refractivity contribution in [2.45, 2.75) is 25.7 Å². The first kappa shape index (κ1) is 12.7. The van der Waals surface area contributed by atoms with Gasteiger partial charge in [0.2, 0.25) is 0 Å². The molecule has 19 heavy (non-hydrogen) atoms. The lowest BCUT2D eigenvalue weighted by Gasteiger charge is -2.41. The molecule has 3 nitrogen and oxygen atoms in total. The molecule has 0 saturated heterocycles. The molecule has 1 saturated carbocycles. The van der Waals surface area contributed by atoms with Gasteiger partial charge in [-0.05, 0) is 49.4 Å². The zero-order chi connectivity index (χ0) is 13.1. The Morgan fingerprint density at radius 2 is 2.11 bits per heavy atom. The average Bonchev–Trinajstić information content (AvgIpc) is 2.81. The Morgan fingerprint density at radius 1 is 1.26 bits per heavy atom. The fourth-order valence-electron chi connectivity index (χ4n) is 3.04. The predicted molar refractivity (Wildman–Crippen MR) is 80.2 cm³/mol. The minimum absolute atomic E-state index is 0.403. The summed E-state index contributed by atoms with van der Waals surface area (Å²) in [4.78, 5) is 3.33. The van der Waals surface area contributed by atoms with Crippen molar-refractivity contribution >= 4 is 10.9 Å². The number of para-hydroxylation sites is 1. The van der Waals surface area contributed by atoms with Crippen LogP contribution in [0.3, 0.4) is 0 Å². The summed E-state index contributed by atoms with van der Waals surface area (Å²) < 4.78 is 0. The summed E-state index contributed by atoms with van der Waals surface area (Å²) in [5, 5.41) is 4.94. The van der Waals surface area contributed by atoms with Crippen molar-refractivity contribution in [3.63, 3.8) is 0 Å². The first-order valence-corrected chi connectivity index (χ1v) is 7.29. The highest BCUT2D eigenvalue weighted by atomic mass is 14.9. The summed E-state index contributed by atoms with van der Waals surface area (Å²) in [5.41, 5.74) is 8.91. The van der Waals surface area contributed by atoms with Gasteiger partial charge in [0, 0.05) is 23.6 Å². The van der Waals surface area contributed by atoms with Crippen LogP contribution in [0.15, 0.2) is 30.5 Å². The molecule has 4 N–H and O–H groups in total. The minimum atomic E-state index is 0.403. The molecular weight excluding hydrogens is 234 g/mol. The van der Waals surface area contributed by atoms with Gasteiger partial charge < -0.3 is 16.0 Å². The summed E-state index contributed by atoms with van der Waals surface area (Å²) >= 11 is 0. The first-order chi connectivity index (χ1) is 9.33. The smallest absolute Gasteiger partial charge is 0.0456 e. The lowest BCUT2D eigenvalue weighted by atomic mass is 9.69. The van der Waals surface area contributed by atoms with Crippen molar-refractivity contribution in [1.82, 2.24) is 10.3 Å². The largest absolute Gasteiger partial charge is 0.361 e. The molecule has 3 rings (SSSR count). The van der Waals surface area contributed by atoms with Crippen LogP contribution in [0.1, 0.15) is 24.8 Å². The number of aromatic amines is 1. The summed E-state index contributed by atoms with van der Waals surface area (Å²) in [7, 11) is 0. The quantitative estimate of drug-likeness (QED) is 0.696. The van der Waals surface area contributed by atoms with Gasteiger partial charge in [-0.15, -0.1) is 0 Å². The van der Waals surface area contributed by atoms with E-state index in [1.807, 2.05) is 0 Å². The van der Waals surface area contributed by atoms with E-state index in [0.29, 0.717) is 5.41 Å². The van der Waals surface area contributed by atoms with Crippen LogP contribution in [0, 0.1) is 5.41 Å². The van der Waals surface area contributed by atoms with E-state index in [2.05, 4.69) is 40.8 Å². The number of hydrogen-bond acceptors (Lipinski definition) is 2. The van der Waals surface area contributed by atoms with Gasteiger partial charge >= 0.3 is 0 Å². The van der Waals surface area contributed by atoms with E-state index >= 15 is 0 Å². The third-order valence-corrected chi connectivity index (χ3v) is 4.59. The minimum Gasteiger partial charge on any atom is -0.361 e. The standard InChI is InChI=1S/C16H23N3/c17-11-16(7-3-8-16)12-18-9-6-13-10-19-15-5-2-1-4-14(13)15/h1-2,4-5,10,18-19H,3,6-9,11-12,17H2. The van der Waals surface area contributed by atoms with Gasteiger partial charge in [0.15, 0.2) is 0 Å². The number of nitrogens with one attached hydrogen (secondary N) is 2. The van der Waals surface area contributed by atoms with E-state index < -0.39 is 0 Å². The van der Waals surface area contributed by atoms with Crippen LogP contribution in [-0.2, 0) is 6.42 Å². The normalized spacial score (nSPS) is 17.5. The molecule has 102 valence electrons. The highest BCUT2D eigenvalue weighted by molar-refractivity contribution is 5.83. The number of aromatic nitrogens is 1. The second kappa shape index (κ2) is 5.35. The summed E-state index contributed by atoms with van der Waals surface area (Å²) in [6.45, 7) is 2.93. The molecule has 1 aromatic carbocycles. The van der Waals surface area contributed by atoms with Crippen molar-refractivity contribution in [2.75, 3.05) is 19.6 Å². The summed E-state index contributed by atoms with van der Waals surface area (Å²) in [6, 6.07) is 8.49. The van der Waals surface area contributed by atoms with Gasteiger partial charge in [0.25, 0.3) is 0 Å². The van der Waals surface area contributed by atoms with Crippen LogP contribution < -0.4 is 11.1 Å². The monoisotopic (exact) mass is 257 g/mol. The Kier molecular flexibility index (Phi) is 3.58. The third kappa shape index (κ3) is 2.53. The molecule has 3 heteroatoms. The molecule has 0 radical (unpaired) electrons. The molecule has 0 atom stereocenters. The van der Waals surface area contributed by atoms with Gasteiger partial charge in [0.05, 0.1) is 0 Å². The third-order valence-electron chi connectivity index (χ3n) is 4.59. The lowest BCUT2D eigenvalue weighted by Crippen LogP contribution is -2.45. The zero-order valence-electron chi connectivity index (χ0n) is 11.4. The van der Waals surface area contributed by atoms with Crippen LogP contribution in [-0.4, -0.2) is 24.6 Å². The van der Waals surface area contributed by atoms with Crippen molar-refractivity contribution in [1.29, 1.82) is 0 Å². The topological polar surface area (TPSA) is 53.8 Å². The average molecular weight is 257 g/mol. The number of fused-ring (bicyclic) bond motifs is 1. The van der Waals surface area contributed by atoms with Crippen LogP contribution in [0.25, 0.3) is 10.9 Å². The van der Waals surface area contributed by atoms with Crippen LogP contribution in [0.4, 0.5) is 0 Å². The van der Waals surface area contributed by atoms with E-state index in [9.17, 15) is 0 Å². The molecule has 0 spiro atoms. The van der Waals surface area contributed by atoms with Gasteiger partial charge in [0.1, 0.15) is 0 Å². The van der Waals surface area contributed by atoms with E-state index in [-0.39, 0.29) is 0 Å². The molecule has 1 heterocycles. The van der Waals surface area contributed by atoms with Crippen molar-refractivity contribution in [2.24, 2.45) is 11.1 Å². The highest BCUT2D eigenvalue weighted by Crippen LogP contribution is 2.39. The molecule has 1 aliphatic carbocycles. The molecule has 1 aromatic heterocycles. The van der Waals surface area contributed by atoms with Gasteiger partial charge in [-0.25, -0.2) is 0 Å². The maximum absolute atomic E-state index is 5.88. The molecule has 0 aliphatic heterocycles. The van der Waals surface area contributed by atoms with Crippen molar-refractivity contribution in [3.05, 3.63) is 36.0 Å². The Bertz CT molecular complexity index is 534. The Balaban J connectivity index is 1.52. The van der Waals surface area contributed by atoms with Crippen LogP contribution in [0.5, 0.6) is 0 Å². The number of hydrogen-bond donors (Lipinski definition) is 3. The zero-order valence-corrected chi connectivity index (χ0v) is 11.4. The molecule has 2 aromatic rings. The SMILES string of the molecule is NCC1(CNCCc2c[nH]c3ccccc23)CCC1. The fourth-order valence-corrected chi connectivity index (χ4v) is 3.04. The summed E-state index contributed by atoms with van der Waals surface area (Å²) in [5.74, 6) is 0. The van der Waals surface area contributed by atoms with E-state index in [0.717, 1.165) is 26.1 Å². The Morgan fingerprint density at radius 3 is 2.84 bits per heavy atom. The second-order valence-corrected chi connectivity index (χ2v) is 5.84. The second-order valence-electron chi connectivity index (χ2n) is 5.84. The van der Waals surface area contributed by atoms with Crippen molar-refractivity contribution < 1.29 is 0 Å².